The van der Waals surface area contributed by atoms with Crippen molar-refractivity contribution in [3.05, 3.63) is 24.3 Å². The fourth-order valence-electron chi connectivity index (χ4n) is 2.57. The quantitative estimate of drug-likeness (QED) is 0.120. The lowest BCUT2D eigenvalue weighted by atomic mass is 10.1. The van der Waals surface area contributed by atoms with Crippen LogP contribution in [-0.4, -0.2) is 37.0 Å². The van der Waals surface area contributed by atoms with Crippen molar-refractivity contribution in [1.29, 1.82) is 5.41 Å². The van der Waals surface area contributed by atoms with E-state index in [-0.39, 0.29) is 18.5 Å². The average molecular weight is 380 g/mol. The molecule has 0 fully saturated rings. The predicted octanol–water partition coefficient (Wildman–Crippen LogP) is 5.17. The zero-order valence-corrected chi connectivity index (χ0v) is 17.5. The second-order valence-corrected chi connectivity index (χ2v) is 7.01. The summed E-state index contributed by atoms with van der Waals surface area (Å²) in [6.07, 6.45) is 22.5. The number of hydrogen-bond donors (Lipinski definition) is 2. The van der Waals surface area contributed by atoms with Gasteiger partial charge in [0.05, 0.1) is 6.54 Å². The Bertz CT molecular complexity index is 433. The van der Waals surface area contributed by atoms with Gasteiger partial charge in [-0.15, -0.1) is 0 Å². The van der Waals surface area contributed by atoms with Gasteiger partial charge in [0.25, 0.3) is 0 Å². The molecular weight excluding hydrogens is 338 g/mol. The lowest BCUT2D eigenvalue weighted by molar-refractivity contribution is -0.143. The first-order chi connectivity index (χ1) is 13.1. The number of rotatable bonds is 17. The molecule has 0 unspecified atom stereocenters. The van der Waals surface area contributed by atoms with Crippen molar-refractivity contribution in [2.75, 3.05) is 20.2 Å². The maximum atomic E-state index is 11.6. The van der Waals surface area contributed by atoms with Gasteiger partial charge in [0.15, 0.2) is 5.96 Å². The van der Waals surface area contributed by atoms with Gasteiger partial charge in [-0.3, -0.25) is 10.2 Å². The Morgan fingerprint density at radius 1 is 0.963 bits per heavy atom. The molecule has 0 bridgehead atoms. The topological polar surface area (TPSA) is 79.4 Å². The van der Waals surface area contributed by atoms with Gasteiger partial charge in [-0.25, -0.2) is 0 Å². The molecule has 0 atom stereocenters. The number of unbranched alkanes of at least 4 members (excludes halogenated alkanes) is 8. The summed E-state index contributed by atoms with van der Waals surface area (Å²) in [6, 6.07) is 0. The Balaban J connectivity index is 3.35. The molecule has 0 heterocycles. The van der Waals surface area contributed by atoms with Crippen LogP contribution >= 0.6 is 0 Å². The van der Waals surface area contributed by atoms with Crippen molar-refractivity contribution in [3.8, 4) is 0 Å². The second kappa shape index (κ2) is 19.0. The van der Waals surface area contributed by atoms with E-state index in [1.807, 2.05) is 0 Å². The first-order valence-electron chi connectivity index (χ1n) is 10.6. The highest BCUT2D eigenvalue weighted by atomic mass is 16.5. The molecule has 3 N–H and O–H groups in total. The van der Waals surface area contributed by atoms with Crippen molar-refractivity contribution in [2.45, 2.75) is 84.0 Å². The highest BCUT2D eigenvalue weighted by Crippen LogP contribution is 2.08. The van der Waals surface area contributed by atoms with E-state index in [2.05, 4.69) is 31.2 Å². The van der Waals surface area contributed by atoms with E-state index >= 15 is 0 Å². The summed E-state index contributed by atoms with van der Waals surface area (Å²) in [4.78, 5) is 13.1. The Labute approximate surface area is 166 Å². The van der Waals surface area contributed by atoms with Crippen molar-refractivity contribution >= 4 is 11.9 Å². The lowest BCUT2D eigenvalue weighted by Crippen LogP contribution is -2.35. The first-order valence-corrected chi connectivity index (χ1v) is 10.6. The standard InChI is InChI=1S/C22H41N3O2/c1-3-4-5-6-7-8-9-10-11-12-13-14-15-16-17-18-21(26)27-20-19-25(2)22(23)24/h7-8,10-11H,3-6,9,12-20H2,1-2H3,(H3,23,24)/b8-7+,11-10+. The third kappa shape index (κ3) is 18.8. The fourth-order valence-corrected chi connectivity index (χ4v) is 2.57. The van der Waals surface area contributed by atoms with Gasteiger partial charge >= 0.3 is 5.97 Å². The van der Waals surface area contributed by atoms with Crippen LogP contribution in [0.2, 0.25) is 0 Å². The van der Waals surface area contributed by atoms with Gasteiger partial charge in [-0.1, -0.05) is 63.3 Å². The predicted molar refractivity (Wildman–Crippen MR) is 115 cm³/mol. The lowest BCUT2D eigenvalue weighted by Gasteiger charge is -2.16. The van der Waals surface area contributed by atoms with Crippen LogP contribution in [0.4, 0.5) is 0 Å². The maximum Gasteiger partial charge on any atom is 0.305 e. The SMILES string of the molecule is CCCCC/C=C/C/C=C/CCCCCCCC(=O)OCCN(C)C(=N)N. The number of carbonyl (C=O) groups excluding carboxylic acids is 1. The van der Waals surface area contributed by atoms with Crippen LogP contribution in [-0.2, 0) is 9.53 Å². The van der Waals surface area contributed by atoms with E-state index in [0.717, 1.165) is 25.7 Å². The van der Waals surface area contributed by atoms with Crippen molar-refractivity contribution < 1.29 is 9.53 Å². The van der Waals surface area contributed by atoms with Crippen LogP contribution in [0, 0.1) is 5.41 Å². The van der Waals surface area contributed by atoms with Gasteiger partial charge in [0.1, 0.15) is 6.61 Å². The largest absolute Gasteiger partial charge is 0.464 e. The van der Waals surface area contributed by atoms with Gasteiger partial charge in [0.2, 0.25) is 0 Å². The number of esters is 1. The number of hydrogen-bond acceptors (Lipinski definition) is 3. The zero-order chi connectivity index (χ0) is 20.2. The van der Waals surface area contributed by atoms with Crippen LogP contribution in [0.15, 0.2) is 24.3 Å². The van der Waals surface area contributed by atoms with Gasteiger partial charge < -0.3 is 15.4 Å². The number of nitrogens with one attached hydrogen (secondary N) is 1. The summed E-state index contributed by atoms with van der Waals surface area (Å²) in [5.74, 6) is -0.169. The van der Waals surface area contributed by atoms with E-state index in [1.165, 1.54) is 44.9 Å². The molecule has 0 aliphatic heterocycles. The van der Waals surface area contributed by atoms with Crippen LogP contribution in [0.3, 0.4) is 0 Å². The number of likely N-dealkylation sites (N-methyl/N-ethyl adjacent to an activating group) is 1. The molecule has 0 amide bonds. The molecule has 0 saturated carbocycles. The molecule has 156 valence electrons. The minimum absolute atomic E-state index is 0.0141. The molecule has 0 aromatic carbocycles. The van der Waals surface area contributed by atoms with Crippen LogP contribution in [0.1, 0.15) is 84.0 Å². The third-order valence-electron chi connectivity index (χ3n) is 4.43. The number of ether oxygens (including phenoxy) is 1. The number of guanidine groups is 1. The minimum Gasteiger partial charge on any atom is -0.464 e. The monoisotopic (exact) mass is 379 g/mol. The fraction of sp³-hybridized carbons (Fsp3) is 0.727. The molecule has 0 aliphatic carbocycles. The minimum atomic E-state index is -0.155. The third-order valence-corrected chi connectivity index (χ3v) is 4.43. The number of nitrogens with two attached hydrogens (primary N) is 1. The van der Waals surface area contributed by atoms with E-state index in [0.29, 0.717) is 13.0 Å². The highest BCUT2D eigenvalue weighted by Gasteiger charge is 2.04. The van der Waals surface area contributed by atoms with E-state index in [9.17, 15) is 4.79 Å². The Kier molecular flexibility index (Phi) is 17.7. The summed E-state index contributed by atoms with van der Waals surface area (Å²) in [5.41, 5.74) is 5.31. The van der Waals surface area contributed by atoms with Crippen LogP contribution < -0.4 is 5.73 Å². The van der Waals surface area contributed by atoms with Gasteiger partial charge in [-0.2, -0.15) is 0 Å². The zero-order valence-electron chi connectivity index (χ0n) is 17.5. The van der Waals surface area contributed by atoms with E-state index in [1.54, 1.807) is 11.9 Å². The molecule has 0 aromatic rings. The van der Waals surface area contributed by atoms with Crippen molar-refractivity contribution in [1.82, 2.24) is 4.90 Å². The molecule has 0 spiro atoms. The molecule has 5 nitrogen and oxygen atoms in total. The van der Waals surface area contributed by atoms with Crippen molar-refractivity contribution in [3.63, 3.8) is 0 Å². The molecule has 0 rings (SSSR count). The summed E-state index contributed by atoms with van der Waals surface area (Å²) in [7, 11) is 1.71. The first kappa shape index (κ1) is 25.2. The van der Waals surface area contributed by atoms with Crippen LogP contribution in [0.25, 0.3) is 0 Å². The smallest absolute Gasteiger partial charge is 0.305 e. The van der Waals surface area contributed by atoms with Crippen LogP contribution in [0.5, 0.6) is 0 Å². The molecule has 5 heteroatoms. The maximum absolute atomic E-state index is 11.6. The number of carbonyl (C=O) groups is 1. The van der Waals surface area contributed by atoms with E-state index < -0.39 is 0 Å². The molecular formula is C22H41N3O2. The number of allylic oxidation sites excluding steroid dienone is 4. The molecule has 0 saturated heterocycles. The van der Waals surface area contributed by atoms with Gasteiger partial charge in [0, 0.05) is 13.5 Å². The summed E-state index contributed by atoms with van der Waals surface area (Å²) in [5, 5.41) is 7.22. The second-order valence-electron chi connectivity index (χ2n) is 7.01. The summed E-state index contributed by atoms with van der Waals surface area (Å²) >= 11 is 0. The summed E-state index contributed by atoms with van der Waals surface area (Å²) < 4.78 is 5.13. The Morgan fingerprint density at radius 2 is 1.56 bits per heavy atom. The van der Waals surface area contributed by atoms with Gasteiger partial charge in [-0.05, 0) is 38.5 Å². The van der Waals surface area contributed by atoms with E-state index in [4.69, 9.17) is 15.9 Å². The Hall–Kier alpha value is -1.78. The molecule has 0 aromatic heterocycles. The number of nitrogens with zero attached hydrogens (tertiary/aromatic N) is 1. The molecule has 0 radical (unpaired) electrons. The summed E-state index contributed by atoms with van der Waals surface area (Å²) in [6.45, 7) is 2.98. The highest BCUT2D eigenvalue weighted by molar-refractivity contribution is 5.74. The normalized spacial score (nSPS) is 11.3. The average Bonchev–Trinajstić information content (AvgIpc) is 2.64. The van der Waals surface area contributed by atoms with Crippen molar-refractivity contribution in [2.24, 2.45) is 5.73 Å². The Morgan fingerprint density at radius 3 is 2.19 bits per heavy atom. The molecule has 27 heavy (non-hydrogen) atoms. The molecule has 0 aliphatic rings.